The number of nitrogens with zero attached hydrogens (tertiary/aromatic N) is 3. The monoisotopic (exact) mass is 310 g/mol. The van der Waals surface area contributed by atoms with Gasteiger partial charge < -0.3 is 15.4 Å². The Balaban J connectivity index is 1.69. The predicted octanol–water partition coefficient (Wildman–Crippen LogP) is 2.99. The number of hydrogen-bond donors (Lipinski definition) is 3. The van der Waals surface area contributed by atoms with Gasteiger partial charge in [-0.15, -0.1) is 0 Å². The number of fused-ring (bicyclic) bond motifs is 1. The molecule has 1 aromatic carbocycles. The van der Waals surface area contributed by atoms with Crippen molar-refractivity contribution in [2.75, 3.05) is 17.7 Å². The molecule has 1 saturated carbocycles. The van der Waals surface area contributed by atoms with Gasteiger partial charge in [-0.1, -0.05) is 0 Å². The highest BCUT2D eigenvalue weighted by molar-refractivity contribution is 5.86. The van der Waals surface area contributed by atoms with Crippen LogP contribution in [0.2, 0.25) is 0 Å². The van der Waals surface area contributed by atoms with Crippen molar-refractivity contribution in [2.24, 2.45) is 0 Å². The Hall–Kier alpha value is -2.83. The molecule has 0 aliphatic heterocycles. The van der Waals surface area contributed by atoms with Crippen molar-refractivity contribution in [3.05, 3.63) is 30.2 Å². The maximum absolute atomic E-state index is 5.47. The second kappa shape index (κ2) is 5.42. The molecule has 1 aliphatic carbocycles. The van der Waals surface area contributed by atoms with Crippen LogP contribution in [0.25, 0.3) is 10.9 Å². The lowest BCUT2D eigenvalue weighted by Gasteiger charge is -2.14. The lowest BCUT2D eigenvalue weighted by molar-refractivity contribution is 0.417. The number of nitrogens with one attached hydrogen (secondary N) is 3. The van der Waals surface area contributed by atoms with Gasteiger partial charge in [0, 0.05) is 23.1 Å². The van der Waals surface area contributed by atoms with Gasteiger partial charge in [0.05, 0.1) is 24.5 Å². The molecule has 0 amide bonds. The molecule has 0 bridgehead atoms. The second-order valence-corrected chi connectivity index (χ2v) is 5.75. The van der Waals surface area contributed by atoms with Crippen LogP contribution in [0.5, 0.6) is 5.75 Å². The third-order valence-electron chi connectivity index (χ3n) is 4.02. The van der Waals surface area contributed by atoms with Gasteiger partial charge in [0.2, 0.25) is 0 Å². The van der Waals surface area contributed by atoms with Crippen molar-refractivity contribution in [3.63, 3.8) is 0 Å². The number of aromatic amines is 1. The van der Waals surface area contributed by atoms with Gasteiger partial charge >= 0.3 is 0 Å². The highest BCUT2D eigenvalue weighted by atomic mass is 16.5. The summed E-state index contributed by atoms with van der Waals surface area (Å²) in [6.07, 6.45) is 5.77. The summed E-state index contributed by atoms with van der Waals surface area (Å²) in [5.74, 6) is 2.38. The van der Waals surface area contributed by atoms with E-state index in [9.17, 15) is 0 Å². The Bertz CT molecular complexity index is 855. The first-order valence-electron chi connectivity index (χ1n) is 7.61. The number of ether oxygens (including phenoxy) is 1. The normalized spacial score (nSPS) is 14.0. The Kier molecular flexibility index (Phi) is 3.25. The van der Waals surface area contributed by atoms with Gasteiger partial charge in [-0.25, -0.2) is 9.97 Å². The van der Waals surface area contributed by atoms with E-state index in [1.54, 1.807) is 19.6 Å². The molecule has 4 rings (SSSR count). The molecule has 1 aliphatic rings. The van der Waals surface area contributed by atoms with Crippen LogP contribution in [0.15, 0.2) is 24.7 Å². The topological polar surface area (TPSA) is 87.8 Å². The number of anilines is 3. The molecular formula is C16H18N6O. The average molecular weight is 310 g/mol. The van der Waals surface area contributed by atoms with Gasteiger partial charge in [-0.05, 0) is 25.8 Å². The maximum Gasteiger partial charge on any atom is 0.144 e. The van der Waals surface area contributed by atoms with Crippen LogP contribution in [0.1, 0.15) is 18.4 Å². The van der Waals surface area contributed by atoms with Gasteiger partial charge in [-0.3, -0.25) is 5.10 Å². The third kappa shape index (κ3) is 2.65. The first-order chi connectivity index (χ1) is 11.2. The highest BCUT2D eigenvalue weighted by Crippen LogP contribution is 2.33. The molecule has 1 fully saturated rings. The number of methoxy groups -OCH3 is 1. The van der Waals surface area contributed by atoms with Crippen LogP contribution in [-0.4, -0.2) is 33.3 Å². The van der Waals surface area contributed by atoms with Crippen molar-refractivity contribution < 1.29 is 4.74 Å². The molecule has 0 spiro atoms. The Morgan fingerprint density at radius 1 is 1.22 bits per heavy atom. The molecule has 7 nitrogen and oxygen atoms in total. The van der Waals surface area contributed by atoms with E-state index in [2.05, 4.69) is 30.8 Å². The molecule has 23 heavy (non-hydrogen) atoms. The van der Waals surface area contributed by atoms with Crippen molar-refractivity contribution >= 4 is 28.2 Å². The zero-order valence-corrected chi connectivity index (χ0v) is 13.1. The first kappa shape index (κ1) is 13.8. The van der Waals surface area contributed by atoms with Gasteiger partial charge in [0.25, 0.3) is 0 Å². The molecule has 0 unspecified atom stereocenters. The summed E-state index contributed by atoms with van der Waals surface area (Å²) in [5.41, 5.74) is 2.78. The Labute approximate surface area is 133 Å². The summed E-state index contributed by atoms with van der Waals surface area (Å²) in [6, 6.07) is 4.46. The lowest BCUT2D eigenvalue weighted by Crippen LogP contribution is -2.08. The van der Waals surface area contributed by atoms with Crippen LogP contribution in [0.4, 0.5) is 17.3 Å². The summed E-state index contributed by atoms with van der Waals surface area (Å²) in [7, 11) is 1.65. The smallest absolute Gasteiger partial charge is 0.144 e. The Morgan fingerprint density at radius 2 is 2.04 bits per heavy atom. The number of benzene rings is 1. The Morgan fingerprint density at radius 3 is 2.83 bits per heavy atom. The van der Waals surface area contributed by atoms with E-state index in [4.69, 9.17) is 4.74 Å². The lowest BCUT2D eigenvalue weighted by atomic mass is 10.2. The quantitative estimate of drug-likeness (QED) is 0.671. The van der Waals surface area contributed by atoms with Crippen molar-refractivity contribution in [3.8, 4) is 5.75 Å². The van der Waals surface area contributed by atoms with Gasteiger partial charge in [0.1, 0.15) is 23.7 Å². The average Bonchev–Trinajstić information content (AvgIpc) is 3.26. The van der Waals surface area contributed by atoms with Crippen molar-refractivity contribution in [2.45, 2.75) is 25.8 Å². The summed E-state index contributed by atoms with van der Waals surface area (Å²) in [6.45, 7) is 2.01. The van der Waals surface area contributed by atoms with Gasteiger partial charge in [0.15, 0.2) is 0 Å². The van der Waals surface area contributed by atoms with E-state index in [1.165, 1.54) is 12.8 Å². The molecule has 0 atom stereocenters. The summed E-state index contributed by atoms with van der Waals surface area (Å²) < 4.78 is 5.47. The van der Waals surface area contributed by atoms with E-state index in [-0.39, 0.29) is 0 Å². The first-order valence-corrected chi connectivity index (χ1v) is 7.61. The minimum atomic E-state index is 0.549. The number of H-pyrrole nitrogens is 1. The summed E-state index contributed by atoms with van der Waals surface area (Å²) in [5, 5.41) is 14.8. The number of hydrogen-bond acceptors (Lipinski definition) is 6. The zero-order valence-electron chi connectivity index (χ0n) is 13.1. The summed E-state index contributed by atoms with van der Waals surface area (Å²) >= 11 is 0. The predicted molar refractivity (Wildman–Crippen MR) is 89.3 cm³/mol. The minimum Gasteiger partial charge on any atom is -0.494 e. The number of aromatic nitrogens is 4. The molecule has 2 aromatic heterocycles. The fourth-order valence-corrected chi connectivity index (χ4v) is 2.51. The molecular weight excluding hydrogens is 292 g/mol. The van der Waals surface area contributed by atoms with Gasteiger partial charge in [-0.2, -0.15) is 5.10 Å². The minimum absolute atomic E-state index is 0.549. The molecule has 0 saturated heterocycles. The largest absolute Gasteiger partial charge is 0.494 e. The molecule has 2 heterocycles. The SMILES string of the molecule is COc1cc2[nH]ncc2cc1Nc1ncnc(NC2CC2)c1C. The maximum atomic E-state index is 5.47. The van der Waals surface area contributed by atoms with Crippen LogP contribution in [-0.2, 0) is 0 Å². The van der Waals surface area contributed by atoms with Crippen LogP contribution in [0.3, 0.4) is 0 Å². The van der Waals surface area contributed by atoms with Crippen LogP contribution >= 0.6 is 0 Å². The van der Waals surface area contributed by atoms with E-state index >= 15 is 0 Å². The molecule has 0 radical (unpaired) electrons. The molecule has 3 aromatic rings. The van der Waals surface area contributed by atoms with E-state index in [0.29, 0.717) is 6.04 Å². The van der Waals surface area contributed by atoms with Crippen LogP contribution < -0.4 is 15.4 Å². The van der Waals surface area contributed by atoms with E-state index in [0.717, 1.165) is 39.5 Å². The third-order valence-corrected chi connectivity index (χ3v) is 4.02. The van der Waals surface area contributed by atoms with E-state index in [1.807, 2.05) is 19.1 Å². The standard InChI is InChI=1S/C16H18N6O/c1-9-15(20-11-3-4-11)17-8-18-16(9)21-13-5-10-7-19-22-12(10)6-14(13)23-2/h5-8,11H,3-4H2,1-2H3,(H,19,22)(H2,17,18,20,21). The summed E-state index contributed by atoms with van der Waals surface area (Å²) in [4.78, 5) is 8.70. The van der Waals surface area contributed by atoms with Crippen molar-refractivity contribution in [1.82, 2.24) is 20.2 Å². The van der Waals surface area contributed by atoms with Crippen molar-refractivity contribution in [1.29, 1.82) is 0 Å². The second-order valence-electron chi connectivity index (χ2n) is 5.75. The van der Waals surface area contributed by atoms with Crippen LogP contribution in [0, 0.1) is 6.92 Å². The molecule has 3 N–H and O–H groups in total. The molecule has 7 heteroatoms. The fourth-order valence-electron chi connectivity index (χ4n) is 2.51. The molecule has 118 valence electrons. The fraction of sp³-hybridized carbons (Fsp3) is 0.312. The van der Waals surface area contributed by atoms with E-state index < -0.39 is 0 Å². The highest BCUT2D eigenvalue weighted by Gasteiger charge is 2.22. The number of rotatable bonds is 5. The zero-order chi connectivity index (χ0) is 15.8.